The maximum atomic E-state index is 13.9. The highest BCUT2D eigenvalue weighted by Crippen LogP contribution is 2.41. The molecule has 0 spiro atoms. The van der Waals surface area contributed by atoms with E-state index in [2.05, 4.69) is 10.3 Å². The molecule has 182 valence electrons. The third-order valence-corrected chi connectivity index (χ3v) is 7.57. The highest BCUT2D eigenvalue weighted by atomic mass is 35.5. The van der Waals surface area contributed by atoms with Gasteiger partial charge in [0.25, 0.3) is 0 Å². The van der Waals surface area contributed by atoms with Crippen LogP contribution in [0, 0.1) is 11.6 Å². The number of benzene rings is 2. The lowest BCUT2D eigenvalue weighted by Gasteiger charge is -2.43. The van der Waals surface area contributed by atoms with E-state index in [0.29, 0.717) is 10.0 Å². The van der Waals surface area contributed by atoms with Gasteiger partial charge in [0, 0.05) is 17.6 Å². The number of ether oxygens (including phenoxy) is 2. The average Bonchev–Trinajstić information content (AvgIpc) is 3.30. The van der Waals surface area contributed by atoms with E-state index < -0.39 is 53.1 Å². The smallest absolute Gasteiger partial charge is 0.145 e. The molecule has 0 radical (unpaired) electrons. The Morgan fingerprint density at radius 1 is 1.15 bits per heavy atom. The van der Waals surface area contributed by atoms with Crippen LogP contribution in [0.2, 0.25) is 15.1 Å². The monoisotopic (exact) mass is 551 g/mol. The van der Waals surface area contributed by atoms with Crippen molar-refractivity contribution in [3.63, 3.8) is 0 Å². The van der Waals surface area contributed by atoms with Crippen molar-refractivity contribution in [2.45, 2.75) is 34.7 Å². The molecule has 1 saturated heterocycles. The highest BCUT2D eigenvalue weighted by Gasteiger charge is 2.47. The van der Waals surface area contributed by atoms with E-state index in [4.69, 9.17) is 44.3 Å². The molecule has 1 aliphatic rings. The van der Waals surface area contributed by atoms with Crippen molar-refractivity contribution >= 4 is 46.6 Å². The Kier molecular flexibility index (Phi) is 8.00. The molecule has 0 aliphatic carbocycles. The number of aliphatic hydroxyl groups is 2. The second kappa shape index (κ2) is 10.6. The van der Waals surface area contributed by atoms with Gasteiger partial charge in [-0.25, -0.2) is 13.5 Å². The molecule has 1 aliphatic heterocycles. The second-order valence-electron chi connectivity index (χ2n) is 7.44. The molecular weight excluding hydrogens is 535 g/mol. The maximum absolute atomic E-state index is 13.9. The number of hydrogen-bond donors (Lipinski definition) is 2. The Hall–Kier alpha value is -1.50. The average molecular weight is 553 g/mol. The molecule has 4 rings (SSSR count). The topological polar surface area (TPSA) is 89.6 Å². The molecule has 1 fully saturated rings. The summed E-state index contributed by atoms with van der Waals surface area (Å²) in [4.78, 5) is 0.722. The van der Waals surface area contributed by atoms with Crippen LogP contribution in [-0.4, -0.2) is 62.7 Å². The Morgan fingerprint density at radius 2 is 1.85 bits per heavy atom. The van der Waals surface area contributed by atoms with Gasteiger partial charge in [0.2, 0.25) is 0 Å². The zero-order valence-electron chi connectivity index (χ0n) is 17.4. The number of aliphatic hydroxyl groups excluding tert-OH is 2. The minimum atomic E-state index is -1.23. The lowest BCUT2D eigenvalue weighted by Crippen LogP contribution is -2.55. The van der Waals surface area contributed by atoms with Crippen LogP contribution in [0.4, 0.5) is 8.78 Å². The van der Waals surface area contributed by atoms with Crippen LogP contribution in [0.25, 0.3) is 11.3 Å². The van der Waals surface area contributed by atoms with Crippen LogP contribution in [0.5, 0.6) is 0 Å². The predicted molar refractivity (Wildman–Crippen MR) is 124 cm³/mol. The Labute approximate surface area is 212 Å². The first-order valence-corrected chi connectivity index (χ1v) is 11.9. The third-order valence-electron chi connectivity index (χ3n) is 5.34. The summed E-state index contributed by atoms with van der Waals surface area (Å²) in [5, 5.41) is 28.9. The van der Waals surface area contributed by atoms with Gasteiger partial charge in [-0.15, -0.1) is 5.10 Å². The molecule has 5 atom stereocenters. The molecule has 0 bridgehead atoms. The van der Waals surface area contributed by atoms with Crippen LogP contribution >= 0.6 is 46.6 Å². The predicted octanol–water partition coefficient (Wildman–Crippen LogP) is 4.61. The van der Waals surface area contributed by atoms with E-state index >= 15 is 0 Å². The lowest BCUT2D eigenvalue weighted by molar-refractivity contribution is -0.186. The molecule has 2 heterocycles. The molecule has 3 aromatic rings. The van der Waals surface area contributed by atoms with Gasteiger partial charge in [-0.3, -0.25) is 0 Å². The van der Waals surface area contributed by atoms with Gasteiger partial charge in [-0.05, 0) is 30.3 Å². The molecule has 2 N–H and O–H groups in total. The lowest BCUT2D eigenvalue weighted by atomic mass is 9.97. The SMILES string of the molecule is CO[C@@H]1[C@@H](n2cc(-c3cc(F)c(Cl)c(F)c3)nn2)[C@@H](O)[C@@H](CO)O[C@@H]1Sc1ccc(Cl)c(Cl)c1. The van der Waals surface area contributed by atoms with Crippen LogP contribution in [0.1, 0.15) is 6.04 Å². The first-order valence-electron chi connectivity index (χ1n) is 9.89. The Morgan fingerprint density at radius 3 is 2.47 bits per heavy atom. The van der Waals surface area contributed by atoms with Crippen molar-refractivity contribution in [1.29, 1.82) is 0 Å². The van der Waals surface area contributed by atoms with E-state index in [1.54, 1.807) is 18.2 Å². The number of halogens is 5. The van der Waals surface area contributed by atoms with Gasteiger partial charge < -0.3 is 19.7 Å². The van der Waals surface area contributed by atoms with E-state index in [9.17, 15) is 19.0 Å². The van der Waals surface area contributed by atoms with Gasteiger partial charge in [0.1, 0.15) is 52.1 Å². The summed E-state index contributed by atoms with van der Waals surface area (Å²) >= 11 is 18.9. The minimum absolute atomic E-state index is 0.113. The number of nitrogens with zero attached hydrogens (tertiary/aromatic N) is 3. The molecule has 13 heteroatoms. The van der Waals surface area contributed by atoms with Gasteiger partial charge in [0.05, 0.1) is 22.8 Å². The van der Waals surface area contributed by atoms with Crippen molar-refractivity contribution in [2.75, 3.05) is 13.7 Å². The second-order valence-corrected chi connectivity index (χ2v) is 9.80. The molecule has 0 unspecified atom stereocenters. The quantitative estimate of drug-likeness (QED) is 0.432. The summed E-state index contributed by atoms with van der Waals surface area (Å²) in [7, 11) is 1.44. The number of methoxy groups -OCH3 is 1. The van der Waals surface area contributed by atoms with Crippen molar-refractivity contribution < 1.29 is 28.5 Å². The van der Waals surface area contributed by atoms with Crippen molar-refractivity contribution in [3.8, 4) is 11.3 Å². The molecule has 1 aromatic heterocycles. The van der Waals surface area contributed by atoms with E-state index in [-0.39, 0.29) is 11.3 Å². The van der Waals surface area contributed by atoms with Crippen LogP contribution in [0.3, 0.4) is 0 Å². The van der Waals surface area contributed by atoms with Gasteiger partial charge >= 0.3 is 0 Å². The molecule has 0 amide bonds. The van der Waals surface area contributed by atoms with Crippen molar-refractivity contribution in [1.82, 2.24) is 15.0 Å². The maximum Gasteiger partial charge on any atom is 0.145 e. The molecule has 2 aromatic carbocycles. The zero-order chi connectivity index (χ0) is 24.6. The Balaban J connectivity index is 1.67. The van der Waals surface area contributed by atoms with Crippen LogP contribution < -0.4 is 0 Å². The van der Waals surface area contributed by atoms with Gasteiger partial charge in [-0.1, -0.05) is 51.8 Å². The van der Waals surface area contributed by atoms with Crippen molar-refractivity contribution in [3.05, 3.63) is 63.2 Å². The summed E-state index contributed by atoms with van der Waals surface area (Å²) in [6, 6.07) is 6.27. The summed E-state index contributed by atoms with van der Waals surface area (Å²) in [6.45, 7) is -0.471. The van der Waals surface area contributed by atoms with E-state index in [0.717, 1.165) is 17.0 Å². The molecule has 34 heavy (non-hydrogen) atoms. The summed E-state index contributed by atoms with van der Waals surface area (Å²) < 4.78 is 40.7. The normalized spacial score (nSPS) is 25.0. The fourth-order valence-electron chi connectivity index (χ4n) is 3.65. The molecular formula is C21H18Cl3F2N3O4S. The van der Waals surface area contributed by atoms with Crippen LogP contribution in [0.15, 0.2) is 41.4 Å². The first-order chi connectivity index (χ1) is 16.2. The van der Waals surface area contributed by atoms with Crippen molar-refractivity contribution in [2.24, 2.45) is 0 Å². The first kappa shape index (κ1) is 25.6. The van der Waals surface area contributed by atoms with E-state index in [1.807, 2.05) is 0 Å². The fourth-order valence-corrected chi connectivity index (χ4v) is 5.33. The Bertz CT molecular complexity index is 1160. The zero-order valence-corrected chi connectivity index (χ0v) is 20.5. The number of hydrogen-bond acceptors (Lipinski definition) is 7. The highest BCUT2D eigenvalue weighted by molar-refractivity contribution is 7.99. The molecule has 7 nitrogen and oxygen atoms in total. The van der Waals surface area contributed by atoms with Crippen LogP contribution in [-0.2, 0) is 9.47 Å². The summed E-state index contributed by atoms with van der Waals surface area (Å²) in [6.07, 6.45) is -1.53. The third kappa shape index (κ3) is 5.05. The summed E-state index contributed by atoms with van der Waals surface area (Å²) in [5.41, 5.74) is -0.426. The molecule has 0 saturated carbocycles. The fraction of sp³-hybridized carbons (Fsp3) is 0.333. The van der Waals surface area contributed by atoms with Gasteiger partial charge in [-0.2, -0.15) is 0 Å². The number of thioether (sulfide) groups is 1. The number of rotatable bonds is 6. The summed E-state index contributed by atoms with van der Waals surface area (Å²) in [5.74, 6) is -1.88. The van der Waals surface area contributed by atoms with Gasteiger partial charge in [0.15, 0.2) is 0 Å². The standard InChI is InChI=1S/C21H18Cl3F2N3O4S/c1-32-20-18(29-7-15(27-28-29)9-4-13(25)17(24)14(26)5-9)19(31)16(8-30)33-21(20)34-10-2-3-11(22)12(23)6-10/h2-7,16,18-21,30-31H,8H2,1H3/t16-,18+,19+,20-,21-/m1/s1. The number of aromatic nitrogens is 3. The minimum Gasteiger partial charge on any atom is -0.394 e. The largest absolute Gasteiger partial charge is 0.394 e. The van der Waals surface area contributed by atoms with E-state index in [1.165, 1.54) is 29.8 Å².